The van der Waals surface area contributed by atoms with Gasteiger partial charge in [0.1, 0.15) is 19.3 Å². The molecule has 0 aromatic heterocycles. The van der Waals surface area contributed by atoms with E-state index in [1.54, 1.807) is 0 Å². The van der Waals surface area contributed by atoms with Crippen molar-refractivity contribution in [3.05, 3.63) is 0 Å². The summed E-state index contributed by atoms with van der Waals surface area (Å²) in [5.74, 6) is 0.118. The van der Waals surface area contributed by atoms with Crippen LogP contribution >= 0.6 is 15.6 Å². The molecule has 0 bridgehead atoms. The Morgan fingerprint density at radius 3 is 0.701 bits per heavy atom. The van der Waals surface area contributed by atoms with Gasteiger partial charge in [0.15, 0.2) is 12.2 Å². The smallest absolute Gasteiger partial charge is 0.462 e. The predicted molar refractivity (Wildman–Crippen MR) is 395 cm³/mol. The first-order valence-corrected chi connectivity index (χ1v) is 43.3. The molecule has 0 saturated heterocycles. The standard InChI is InChI=1S/C78H152O17P2/c1-8-9-10-11-12-13-14-15-16-17-18-19-20-23-27-30-40-47-54-61-77(82)94-73(65-88-75(80)59-52-45-38-29-26-24-21-22-25-28-35-42-49-56-69(2)3)67-92-96(84,85)90-63-72(79)64-91-97(86,87)93-68-74(95-78(83)62-55-48-41-34-32-37-44-51-58-71(6)7)66-89-76(81)60-53-46-39-33-31-36-43-50-57-70(4)5/h69-74,79H,8-68H2,1-7H3,(H,84,85)(H,86,87)/t72-,73-,74-/m1/s1. The maximum atomic E-state index is 13.1. The van der Waals surface area contributed by atoms with Gasteiger partial charge >= 0.3 is 39.5 Å². The summed E-state index contributed by atoms with van der Waals surface area (Å²) in [6, 6.07) is 0. The van der Waals surface area contributed by atoms with Gasteiger partial charge in [0, 0.05) is 25.7 Å². The van der Waals surface area contributed by atoms with Crippen molar-refractivity contribution in [3.63, 3.8) is 0 Å². The van der Waals surface area contributed by atoms with Crippen LogP contribution in [0.2, 0.25) is 0 Å². The molecule has 0 aromatic carbocycles. The monoisotopic (exact) mass is 1420 g/mol. The Bertz CT molecular complexity index is 1890. The Balaban J connectivity index is 5.23. The molecule has 97 heavy (non-hydrogen) atoms. The van der Waals surface area contributed by atoms with E-state index in [9.17, 15) is 43.2 Å². The molecule has 0 spiro atoms. The predicted octanol–water partition coefficient (Wildman–Crippen LogP) is 23.0. The molecule has 0 amide bonds. The van der Waals surface area contributed by atoms with Crippen molar-refractivity contribution in [2.24, 2.45) is 17.8 Å². The maximum absolute atomic E-state index is 13.1. The molecule has 0 aliphatic carbocycles. The lowest BCUT2D eigenvalue weighted by Gasteiger charge is -2.21. The van der Waals surface area contributed by atoms with Crippen molar-refractivity contribution in [1.29, 1.82) is 0 Å². The number of unbranched alkanes of at least 4 members (excludes halogenated alkanes) is 44. The normalized spacial score (nSPS) is 14.0. The highest BCUT2D eigenvalue weighted by Gasteiger charge is 2.30. The summed E-state index contributed by atoms with van der Waals surface area (Å²) in [7, 11) is -9.91. The van der Waals surface area contributed by atoms with Crippen molar-refractivity contribution in [2.45, 2.75) is 420 Å². The minimum atomic E-state index is -4.96. The number of hydrogen-bond acceptors (Lipinski definition) is 15. The molecule has 0 radical (unpaired) electrons. The largest absolute Gasteiger partial charge is 0.472 e. The van der Waals surface area contributed by atoms with Crippen LogP contribution in [0.3, 0.4) is 0 Å². The molecule has 0 fully saturated rings. The number of aliphatic hydroxyl groups excluding tert-OH is 1. The van der Waals surface area contributed by atoms with E-state index in [-0.39, 0.29) is 25.7 Å². The van der Waals surface area contributed by atoms with Crippen LogP contribution in [0.15, 0.2) is 0 Å². The highest BCUT2D eigenvalue weighted by atomic mass is 31.2. The zero-order valence-electron chi connectivity index (χ0n) is 63.5. The number of phosphoric acid groups is 2. The van der Waals surface area contributed by atoms with Gasteiger partial charge in [-0.3, -0.25) is 37.3 Å². The maximum Gasteiger partial charge on any atom is 0.472 e. The second-order valence-electron chi connectivity index (χ2n) is 29.5. The number of carbonyl (C=O) groups is 4. The molecule has 0 aliphatic rings. The molecular formula is C78H152O17P2. The lowest BCUT2D eigenvalue weighted by atomic mass is 10.0. The minimum absolute atomic E-state index is 0.104. The summed E-state index contributed by atoms with van der Waals surface area (Å²) in [5, 5.41) is 10.6. The topological polar surface area (TPSA) is 237 Å². The summed E-state index contributed by atoms with van der Waals surface area (Å²) in [5.41, 5.74) is 0. The summed E-state index contributed by atoms with van der Waals surface area (Å²) in [4.78, 5) is 72.9. The van der Waals surface area contributed by atoms with Gasteiger partial charge in [-0.05, 0) is 43.4 Å². The molecule has 2 unspecified atom stereocenters. The van der Waals surface area contributed by atoms with Crippen LogP contribution in [-0.2, 0) is 65.4 Å². The van der Waals surface area contributed by atoms with Gasteiger partial charge in [0.2, 0.25) is 0 Å². The second-order valence-corrected chi connectivity index (χ2v) is 32.4. The third-order valence-corrected chi connectivity index (χ3v) is 20.0. The van der Waals surface area contributed by atoms with Gasteiger partial charge in [-0.2, -0.15) is 0 Å². The highest BCUT2D eigenvalue weighted by molar-refractivity contribution is 7.47. The van der Waals surface area contributed by atoms with Crippen LogP contribution in [0.25, 0.3) is 0 Å². The first-order valence-electron chi connectivity index (χ1n) is 40.3. The lowest BCUT2D eigenvalue weighted by Crippen LogP contribution is -2.30. The Morgan fingerprint density at radius 2 is 0.474 bits per heavy atom. The van der Waals surface area contributed by atoms with Crippen molar-refractivity contribution in [3.8, 4) is 0 Å². The lowest BCUT2D eigenvalue weighted by molar-refractivity contribution is -0.161. The fourth-order valence-corrected chi connectivity index (χ4v) is 13.5. The molecule has 0 aliphatic heterocycles. The van der Waals surface area contributed by atoms with E-state index in [2.05, 4.69) is 48.5 Å². The SMILES string of the molecule is CCCCCCCCCCCCCCCCCCCCCC(=O)O[C@H](COC(=O)CCCCCCCCCCCCCCCC(C)C)COP(=O)(O)OC[C@@H](O)COP(=O)(O)OC[C@@H](COC(=O)CCCCCCCCCCC(C)C)OC(=O)CCCCCCCCCCC(C)C. The zero-order valence-corrected chi connectivity index (χ0v) is 65.3. The van der Waals surface area contributed by atoms with Crippen LogP contribution in [0.4, 0.5) is 0 Å². The summed E-state index contributed by atoms with van der Waals surface area (Å²) >= 11 is 0. The van der Waals surface area contributed by atoms with Crippen LogP contribution < -0.4 is 0 Å². The minimum Gasteiger partial charge on any atom is -0.462 e. The number of ether oxygens (including phenoxy) is 4. The summed E-state index contributed by atoms with van der Waals surface area (Å²) in [6.45, 7) is 11.9. The summed E-state index contributed by atoms with van der Waals surface area (Å²) in [6.07, 6.45) is 55.6. The van der Waals surface area contributed by atoms with E-state index in [0.29, 0.717) is 25.7 Å². The molecule has 3 N–H and O–H groups in total. The van der Waals surface area contributed by atoms with Crippen molar-refractivity contribution >= 4 is 39.5 Å². The van der Waals surface area contributed by atoms with E-state index >= 15 is 0 Å². The van der Waals surface area contributed by atoms with Gasteiger partial charge in [0.25, 0.3) is 0 Å². The Morgan fingerprint density at radius 1 is 0.278 bits per heavy atom. The fourth-order valence-electron chi connectivity index (χ4n) is 12.0. The molecule has 576 valence electrons. The molecule has 0 heterocycles. The van der Waals surface area contributed by atoms with Gasteiger partial charge in [0.05, 0.1) is 26.4 Å². The van der Waals surface area contributed by atoms with E-state index < -0.39 is 97.5 Å². The number of aliphatic hydroxyl groups is 1. The van der Waals surface area contributed by atoms with Crippen LogP contribution in [0.1, 0.15) is 402 Å². The van der Waals surface area contributed by atoms with Gasteiger partial charge in [-0.25, -0.2) is 9.13 Å². The van der Waals surface area contributed by atoms with Crippen LogP contribution in [0.5, 0.6) is 0 Å². The number of esters is 4. The number of rotatable bonds is 76. The molecule has 0 rings (SSSR count). The number of phosphoric ester groups is 2. The van der Waals surface area contributed by atoms with Gasteiger partial charge in [-0.15, -0.1) is 0 Å². The molecule has 19 heteroatoms. The molecular weight excluding hydrogens is 1270 g/mol. The first-order chi connectivity index (χ1) is 46.7. The molecule has 0 aromatic rings. The van der Waals surface area contributed by atoms with E-state index in [1.165, 1.54) is 212 Å². The zero-order chi connectivity index (χ0) is 71.6. The van der Waals surface area contributed by atoms with Crippen molar-refractivity contribution in [2.75, 3.05) is 39.6 Å². The Kier molecular flexibility index (Phi) is 67.1. The quantitative estimate of drug-likeness (QED) is 0.0222. The average Bonchev–Trinajstić information content (AvgIpc) is 1.31. The van der Waals surface area contributed by atoms with Crippen LogP contribution in [0, 0.1) is 17.8 Å². The average molecular weight is 1420 g/mol. The Labute approximate surface area is 594 Å². The number of hydrogen-bond donors (Lipinski definition) is 3. The highest BCUT2D eigenvalue weighted by Crippen LogP contribution is 2.45. The van der Waals surface area contributed by atoms with E-state index in [4.69, 9.17) is 37.0 Å². The Hall–Kier alpha value is -1.94. The van der Waals surface area contributed by atoms with E-state index in [0.717, 1.165) is 108 Å². The fraction of sp³-hybridized carbons (Fsp3) is 0.949. The third kappa shape index (κ3) is 72.2. The van der Waals surface area contributed by atoms with Crippen molar-refractivity contribution in [1.82, 2.24) is 0 Å². The molecule has 5 atom stereocenters. The van der Waals surface area contributed by atoms with Crippen LogP contribution in [-0.4, -0.2) is 96.7 Å². The van der Waals surface area contributed by atoms with Crippen molar-refractivity contribution < 1.29 is 80.2 Å². The van der Waals surface area contributed by atoms with E-state index in [1.807, 2.05) is 0 Å². The van der Waals surface area contributed by atoms with Gasteiger partial charge in [-0.1, -0.05) is 350 Å². The number of carbonyl (C=O) groups excluding carboxylic acids is 4. The first kappa shape index (κ1) is 95.1. The molecule has 17 nitrogen and oxygen atoms in total. The molecule has 0 saturated carbocycles. The second kappa shape index (κ2) is 68.5. The van der Waals surface area contributed by atoms with Gasteiger partial charge < -0.3 is 33.8 Å². The third-order valence-electron chi connectivity index (χ3n) is 18.1. The summed E-state index contributed by atoms with van der Waals surface area (Å²) < 4.78 is 68.6.